The fourth-order valence-corrected chi connectivity index (χ4v) is 2.39. The first-order valence-electron chi connectivity index (χ1n) is 6.90. The summed E-state index contributed by atoms with van der Waals surface area (Å²) >= 11 is 0. The van der Waals surface area contributed by atoms with E-state index < -0.39 is 5.97 Å². The Labute approximate surface area is 132 Å². The summed E-state index contributed by atoms with van der Waals surface area (Å²) in [7, 11) is 1.60. The monoisotopic (exact) mass is 309 g/mol. The van der Waals surface area contributed by atoms with Gasteiger partial charge in [0.2, 0.25) is 0 Å². The molecule has 0 aliphatic rings. The third kappa shape index (κ3) is 2.74. The van der Waals surface area contributed by atoms with E-state index in [9.17, 15) is 4.79 Å². The summed E-state index contributed by atoms with van der Waals surface area (Å²) in [5.74, 6) is 0.195. The number of anilines is 1. The molecule has 3 N–H and O–H groups in total. The summed E-state index contributed by atoms with van der Waals surface area (Å²) in [6.45, 7) is 0. The van der Waals surface area contributed by atoms with E-state index in [4.69, 9.17) is 15.6 Å². The molecule has 6 heteroatoms. The standard InChI is InChI=1S/C17H15N3O3/c1-23-15-5-3-2-4-12(15)13-9-20(10-14(13)18)16-8-11(17(21)22)6-7-19-16/h2-10H,18H2,1H3,(H,21,22). The number of carboxylic acids is 1. The summed E-state index contributed by atoms with van der Waals surface area (Å²) in [6.07, 6.45) is 4.97. The molecule has 0 radical (unpaired) electrons. The van der Waals surface area contributed by atoms with Crippen LogP contribution in [0, 0.1) is 0 Å². The summed E-state index contributed by atoms with van der Waals surface area (Å²) in [4.78, 5) is 15.3. The van der Waals surface area contributed by atoms with Crippen LogP contribution in [0.3, 0.4) is 0 Å². The van der Waals surface area contributed by atoms with Crippen molar-refractivity contribution in [2.24, 2.45) is 0 Å². The Morgan fingerprint density at radius 3 is 2.74 bits per heavy atom. The van der Waals surface area contributed by atoms with E-state index in [2.05, 4.69) is 4.98 Å². The molecule has 2 heterocycles. The second-order valence-corrected chi connectivity index (χ2v) is 4.94. The number of carboxylic acid groups (broad SMARTS) is 1. The predicted molar refractivity (Wildman–Crippen MR) is 86.9 cm³/mol. The number of hydrogen-bond donors (Lipinski definition) is 2. The summed E-state index contributed by atoms with van der Waals surface area (Å²) in [5, 5.41) is 9.08. The third-order valence-corrected chi connectivity index (χ3v) is 3.51. The van der Waals surface area contributed by atoms with Gasteiger partial charge < -0.3 is 20.1 Å². The van der Waals surface area contributed by atoms with E-state index in [0.29, 0.717) is 17.3 Å². The summed E-state index contributed by atoms with van der Waals surface area (Å²) in [6, 6.07) is 10.5. The lowest BCUT2D eigenvalue weighted by atomic mass is 10.1. The highest BCUT2D eigenvalue weighted by atomic mass is 16.5. The smallest absolute Gasteiger partial charge is 0.335 e. The molecule has 6 nitrogen and oxygen atoms in total. The number of aromatic nitrogens is 2. The van der Waals surface area contributed by atoms with Crippen LogP contribution in [0.1, 0.15) is 10.4 Å². The van der Waals surface area contributed by atoms with Crippen molar-refractivity contribution in [3.63, 3.8) is 0 Å². The minimum Gasteiger partial charge on any atom is -0.496 e. The zero-order chi connectivity index (χ0) is 16.4. The summed E-state index contributed by atoms with van der Waals surface area (Å²) < 4.78 is 7.06. The van der Waals surface area contributed by atoms with Gasteiger partial charge in [-0.15, -0.1) is 0 Å². The number of hydrogen-bond acceptors (Lipinski definition) is 4. The molecule has 0 unspecified atom stereocenters. The Bertz CT molecular complexity index is 871. The van der Waals surface area contributed by atoms with Crippen LogP contribution in [0.15, 0.2) is 55.0 Å². The SMILES string of the molecule is COc1ccccc1-c1cn(-c2cc(C(=O)O)ccn2)cc1N. The van der Waals surface area contributed by atoms with Gasteiger partial charge in [0, 0.05) is 29.7 Å². The van der Waals surface area contributed by atoms with Crippen molar-refractivity contribution in [2.45, 2.75) is 0 Å². The number of nitrogens with zero attached hydrogens (tertiary/aromatic N) is 2. The molecule has 0 aliphatic carbocycles. The van der Waals surface area contributed by atoms with E-state index in [-0.39, 0.29) is 5.56 Å². The van der Waals surface area contributed by atoms with Gasteiger partial charge in [-0.3, -0.25) is 0 Å². The van der Waals surface area contributed by atoms with Gasteiger partial charge in [0.25, 0.3) is 0 Å². The van der Waals surface area contributed by atoms with Crippen molar-refractivity contribution in [1.29, 1.82) is 0 Å². The Hall–Kier alpha value is -3.28. The maximum absolute atomic E-state index is 11.1. The van der Waals surface area contributed by atoms with E-state index in [1.165, 1.54) is 18.3 Å². The Morgan fingerprint density at radius 1 is 1.22 bits per heavy atom. The molecule has 3 rings (SSSR count). The molecule has 0 saturated heterocycles. The predicted octanol–water partition coefficient (Wildman–Crippen LogP) is 2.83. The molecule has 0 atom stereocenters. The first-order valence-corrected chi connectivity index (χ1v) is 6.90. The lowest BCUT2D eigenvalue weighted by Crippen LogP contribution is -2.00. The molecule has 23 heavy (non-hydrogen) atoms. The molecular formula is C17H15N3O3. The third-order valence-electron chi connectivity index (χ3n) is 3.51. The van der Waals surface area contributed by atoms with Crippen molar-refractivity contribution in [1.82, 2.24) is 9.55 Å². The molecule has 0 aliphatic heterocycles. The fraction of sp³-hybridized carbons (Fsp3) is 0.0588. The number of para-hydroxylation sites is 1. The molecule has 0 amide bonds. The van der Waals surface area contributed by atoms with Crippen LogP contribution in [0.2, 0.25) is 0 Å². The quantitative estimate of drug-likeness (QED) is 0.773. The van der Waals surface area contributed by atoms with Crippen molar-refractivity contribution in [3.05, 3.63) is 60.6 Å². The van der Waals surface area contributed by atoms with E-state index in [1.807, 2.05) is 24.3 Å². The molecule has 2 aromatic heterocycles. The van der Waals surface area contributed by atoms with Crippen LogP contribution < -0.4 is 10.5 Å². The average Bonchev–Trinajstić information content (AvgIpc) is 2.96. The van der Waals surface area contributed by atoms with Crippen LogP contribution >= 0.6 is 0 Å². The minimum atomic E-state index is -1.00. The zero-order valence-corrected chi connectivity index (χ0v) is 12.4. The Morgan fingerprint density at radius 2 is 2.00 bits per heavy atom. The first-order chi connectivity index (χ1) is 11.1. The Kier molecular flexibility index (Phi) is 3.72. The van der Waals surface area contributed by atoms with Crippen LogP contribution in [-0.2, 0) is 0 Å². The maximum Gasteiger partial charge on any atom is 0.335 e. The zero-order valence-electron chi connectivity index (χ0n) is 12.4. The lowest BCUT2D eigenvalue weighted by Gasteiger charge is -2.07. The van der Waals surface area contributed by atoms with Gasteiger partial charge >= 0.3 is 5.97 Å². The van der Waals surface area contributed by atoms with Crippen molar-refractivity contribution in [2.75, 3.05) is 12.8 Å². The molecular weight excluding hydrogens is 294 g/mol. The number of ether oxygens (including phenoxy) is 1. The van der Waals surface area contributed by atoms with E-state index in [0.717, 1.165) is 11.1 Å². The number of nitrogens with two attached hydrogens (primary N) is 1. The highest BCUT2D eigenvalue weighted by molar-refractivity contribution is 5.88. The average molecular weight is 309 g/mol. The largest absolute Gasteiger partial charge is 0.496 e. The maximum atomic E-state index is 11.1. The second-order valence-electron chi connectivity index (χ2n) is 4.94. The first kappa shape index (κ1) is 14.6. The molecule has 0 spiro atoms. The van der Waals surface area contributed by atoms with Crippen LogP contribution in [0.25, 0.3) is 16.9 Å². The number of benzene rings is 1. The number of carbonyl (C=O) groups is 1. The van der Waals surface area contributed by atoms with Crippen LogP contribution in [-0.4, -0.2) is 27.7 Å². The molecule has 0 saturated carbocycles. The summed E-state index contributed by atoms with van der Waals surface area (Å²) in [5.41, 5.74) is 8.49. The topological polar surface area (TPSA) is 90.4 Å². The van der Waals surface area contributed by atoms with Crippen molar-refractivity contribution < 1.29 is 14.6 Å². The van der Waals surface area contributed by atoms with Gasteiger partial charge in [0.15, 0.2) is 0 Å². The normalized spacial score (nSPS) is 10.5. The van der Waals surface area contributed by atoms with Gasteiger partial charge in [0.05, 0.1) is 18.4 Å². The van der Waals surface area contributed by atoms with Gasteiger partial charge in [0.1, 0.15) is 11.6 Å². The van der Waals surface area contributed by atoms with E-state index in [1.54, 1.807) is 24.1 Å². The van der Waals surface area contributed by atoms with Gasteiger partial charge in [-0.05, 0) is 18.2 Å². The Balaban J connectivity index is 2.08. The highest BCUT2D eigenvalue weighted by Crippen LogP contribution is 2.34. The lowest BCUT2D eigenvalue weighted by molar-refractivity contribution is 0.0696. The van der Waals surface area contributed by atoms with Gasteiger partial charge in [-0.2, -0.15) is 0 Å². The van der Waals surface area contributed by atoms with Gasteiger partial charge in [-0.1, -0.05) is 18.2 Å². The highest BCUT2D eigenvalue weighted by Gasteiger charge is 2.13. The van der Waals surface area contributed by atoms with Crippen LogP contribution in [0.4, 0.5) is 5.69 Å². The second kappa shape index (κ2) is 5.84. The molecule has 0 bridgehead atoms. The fourth-order valence-electron chi connectivity index (χ4n) is 2.39. The number of aromatic carboxylic acids is 1. The molecule has 3 aromatic rings. The van der Waals surface area contributed by atoms with Gasteiger partial charge in [-0.25, -0.2) is 9.78 Å². The number of rotatable bonds is 4. The minimum absolute atomic E-state index is 0.168. The number of methoxy groups -OCH3 is 1. The number of pyridine rings is 1. The number of nitrogen functional groups attached to an aromatic ring is 1. The van der Waals surface area contributed by atoms with E-state index >= 15 is 0 Å². The van der Waals surface area contributed by atoms with Crippen molar-refractivity contribution >= 4 is 11.7 Å². The molecule has 0 fully saturated rings. The molecule has 1 aromatic carbocycles. The molecule has 116 valence electrons. The van der Waals surface area contributed by atoms with Crippen molar-refractivity contribution in [3.8, 4) is 22.7 Å². The van der Waals surface area contributed by atoms with Crippen LogP contribution in [0.5, 0.6) is 5.75 Å².